The van der Waals surface area contributed by atoms with Gasteiger partial charge < -0.3 is 20.5 Å². The second-order valence-corrected chi connectivity index (χ2v) is 7.73. The Morgan fingerprint density at radius 3 is 2.25 bits per heavy atom. The van der Waals surface area contributed by atoms with Crippen molar-refractivity contribution < 1.29 is 28.7 Å². The highest BCUT2D eigenvalue weighted by Crippen LogP contribution is 2.27. The maximum atomic E-state index is 11.9. The van der Waals surface area contributed by atoms with E-state index in [1.165, 1.54) is 7.11 Å². The number of esters is 1. The van der Waals surface area contributed by atoms with Gasteiger partial charge in [-0.25, -0.2) is 4.79 Å². The van der Waals surface area contributed by atoms with Crippen molar-refractivity contribution in [3.8, 4) is 11.5 Å². The summed E-state index contributed by atoms with van der Waals surface area (Å²) in [6, 6.07) is 13.3. The molecular weight excluding hydrogens is 434 g/mol. The quantitative estimate of drug-likeness (QED) is 0.406. The number of hydrogen-bond acceptors (Lipinski definition) is 8. The van der Waals surface area contributed by atoms with E-state index in [4.69, 9.17) is 15.2 Å². The number of carbonyl (C=O) groups is 4. The number of thioether (sulfide) groups is 1. The number of nitrogens with one attached hydrogen (secondary N) is 2. The third-order valence-electron chi connectivity index (χ3n) is 4.43. The zero-order valence-electron chi connectivity index (χ0n) is 17.1. The predicted molar refractivity (Wildman–Crippen MR) is 119 cm³/mol. The molecule has 0 saturated carbocycles. The number of benzene rings is 2. The smallest absolute Gasteiger partial charge is 0.328 e. The van der Waals surface area contributed by atoms with E-state index >= 15 is 0 Å². The maximum absolute atomic E-state index is 11.9. The molecule has 0 aromatic heterocycles. The van der Waals surface area contributed by atoms with Crippen LogP contribution in [0.4, 0.5) is 4.79 Å². The van der Waals surface area contributed by atoms with Crippen LogP contribution in [0.1, 0.15) is 11.1 Å². The third kappa shape index (κ3) is 6.19. The Hall–Kier alpha value is -3.63. The summed E-state index contributed by atoms with van der Waals surface area (Å²) in [5, 5.41) is 4.36. The number of imide groups is 1. The minimum absolute atomic E-state index is 0.222. The van der Waals surface area contributed by atoms with Crippen molar-refractivity contribution in [2.75, 3.05) is 13.7 Å². The zero-order chi connectivity index (χ0) is 23.1. The van der Waals surface area contributed by atoms with Crippen LogP contribution in [0.3, 0.4) is 0 Å². The van der Waals surface area contributed by atoms with E-state index < -0.39 is 23.8 Å². The van der Waals surface area contributed by atoms with Gasteiger partial charge in [-0.3, -0.25) is 19.7 Å². The number of hydrogen-bond donors (Lipinski definition) is 3. The Balaban J connectivity index is 1.62. The SMILES string of the molecule is COC(=O)C(Cc1ccc(Oc2ccc(C=C3SC(=O)NC3=O)cc2)cc1)NC(=O)CN. The zero-order valence-corrected chi connectivity index (χ0v) is 17.9. The van der Waals surface area contributed by atoms with E-state index in [9.17, 15) is 19.2 Å². The second kappa shape index (κ2) is 10.6. The van der Waals surface area contributed by atoms with E-state index in [1.54, 1.807) is 54.6 Å². The molecule has 0 spiro atoms. The Bertz CT molecular complexity index is 1050. The molecule has 9 nitrogen and oxygen atoms in total. The number of carbonyl (C=O) groups excluding carboxylic acids is 4. The van der Waals surface area contributed by atoms with Gasteiger partial charge >= 0.3 is 5.97 Å². The molecule has 3 rings (SSSR count). The highest BCUT2D eigenvalue weighted by Gasteiger charge is 2.25. The van der Waals surface area contributed by atoms with Crippen LogP contribution in [0.5, 0.6) is 11.5 Å². The van der Waals surface area contributed by atoms with Gasteiger partial charge in [-0.2, -0.15) is 0 Å². The van der Waals surface area contributed by atoms with Gasteiger partial charge in [0.15, 0.2) is 0 Å². The molecule has 10 heteroatoms. The van der Waals surface area contributed by atoms with Crippen molar-refractivity contribution in [1.82, 2.24) is 10.6 Å². The summed E-state index contributed by atoms with van der Waals surface area (Å²) < 4.78 is 10.5. The van der Waals surface area contributed by atoms with Crippen molar-refractivity contribution >= 4 is 40.9 Å². The molecule has 2 aromatic carbocycles. The summed E-state index contributed by atoms with van der Waals surface area (Å²) >= 11 is 0.860. The van der Waals surface area contributed by atoms with E-state index in [0.717, 1.165) is 22.9 Å². The normalized spacial score (nSPS) is 15.2. The average Bonchev–Trinajstić information content (AvgIpc) is 3.11. The molecule has 1 unspecified atom stereocenters. The summed E-state index contributed by atoms with van der Waals surface area (Å²) in [7, 11) is 1.25. The first kappa shape index (κ1) is 23.0. The fraction of sp³-hybridized carbons (Fsp3) is 0.182. The summed E-state index contributed by atoms with van der Waals surface area (Å²) in [6.45, 7) is -0.222. The molecule has 2 aromatic rings. The van der Waals surface area contributed by atoms with Crippen LogP contribution in [0, 0.1) is 0 Å². The average molecular weight is 455 g/mol. The van der Waals surface area contributed by atoms with E-state index in [2.05, 4.69) is 10.6 Å². The topological polar surface area (TPSA) is 137 Å². The molecule has 166 valence electrons. The highest BCUT2D eigenvalue weighted by molar-refractivity contribution is 8.18. The molecule has 0 aliphatic carbocycles. The summed E-state index contributed by atoms with van der Waals surface area (Å²) in [4.78, 5) is 46.6. The van der Waals surface area contributed by atoms with Gasteiger partial charge in [-0.15, -0.1) is 0 Å². The lowest BCUT2D eigenvalue weighted by Gasteiger charge is -2.16. The van der Waals surface area contributed by atoms with E-state index in [1.807, 2.05) is 0 Å². The lowest BCUT2D eigenvalue weighted by Crippen LogP contribution is -2.45. The molecule has 1 saturated heterocycles. The molecule has 32 heavy (non-hydrogen) atoms. The predicted octanol–water partition coefficient (Wildman–Crippen LogP) is 1.96. The van der Waals surface area contributed by atoms with Crippen molar-refractivity contribution in [2.24, 2.45) is 5.73 Å². The van der Waals surface area contributed by atoms with Crippen LogP contribution in [-0.4, -0.2) is 42.7 Å². The van der Waals surface area contributed by atoms with E-state index in [-0.39, 0.29) is 18.2 Å². The number of methoxy groups -OCH3 is 1. The third-order valence-corrected chi connectivity index (χ3v) is 5.24. The first-order valence-corrected chi connectivity index (χ1v) is 10.4. The molecule has 0 radical (unpaired) electrons. The minimum Gasteiger partial charge on any atom is -0.467 e. The largest absolute Gasteiger partial charge is 0.467 e. The van der Waals surface area contributed by atoms with Gasteiger partial charge in [0.05, 0.1) is 18.6 Å². The molecule has 4 N–H and O–H groups in total. The molecule has 1 fully saturated rings. The first-order chi connectivity index (χ1) is 15.4. The summed E-state index contributed by atoms with van der Waals surface area (Å²) in [5.74, 6) is -0.241. The summed E-state index contributed by atoms with van der Waals surface area (Å²) in [6.07, 6.45) is 1.88. The fourth-order valence-corrected chi connectivity index (χ4v) is 3.54. The number of ether oxygens (including phenoxy) is 2. The van der Waals surface area contributed by atoms with Crippen molar-refractivity contribution in [3.05, 3.63) is 64.6 Å². The Morgan fingerprint density at radius 2 is 1.72 bits per heavy atom. The Kier molecular flexibility index (Phi) is 7.63. The molecule has 0 bridgehead atoms. The summed E-state index contributed by atoms with van der Waals surface area (Å²) in [5.41, 5.74) is 6.85. The lowest BCUT2D eigenvalue weighted by molar-refractivity contribution is -0.144. The molecule has 1 aliphatic rings. The van der Waals surface area contributed by atoms with Crippen LogP contribution >= 0.6 is 11.8 Å². The number of amides is 3. The Morgan fingerprint density at radius 1 is 1.09 bits per heavy atom. The van der Waals surface area contributed by atoms with Gasteiger partial charge in [0.1, 0.15) is 17.5 Å². The van der Waals surface area contributed by atoms with Crippen LogP contribution in [-0.2, 0) is 25.5 Å². The van der Waals surface area contributed by atoms with Crippen molar-refractivity contribution in [1.29, 1.82) is 0 Å². The molecule has 1 aliphatic heterocycles. The molecule has 3 amide bonds. The minimum atomic E-state index is -0.833. The Labute approximate surface area is 188 Å². The van der Waals surface area contributed by atoms with Gasteiger partial charge in [-0.05, 0) is 53.2 Å². The van der Waals surface area contributed by atoms with E-state index in [0.29, 0.717) is 16.4 Å². The standard InChI is InChI=1S/C22H21N3O6S/c1-30-21(28)17(24-19(26)12-23)10-13-2-6-15(7-3-13)31-16-8-4-14(5-9-16)11-18-20(27)25-22(29)32-18/h2-9,11,17H,10,12,23H2,1H3,(H,24,26)(H,25,27,29). The van der Waals surface area contributed by atoms with Gasteiger partial charge in [0, 0.05) is 6.42 Å². The van der Waals surface area contributed by atoms with Crippen LogP contribution in [0.2, 0.25) is 0 Å². The fourth-order valence-electron chi connectivity index (χ4n) is 2.86. The highest BCUT2D eigenvalue weighted by atomic mass is 32.2. The monoisotopic (exact) mass is 455 g/mol. The number of rotatable bonds is 8. The second-order valence-electron chi connectivity index (χ2n) is 6.72. The van der Waals surface area contributed by atoms with Crippen LogP contribution < -0.4 is 21.1 Å². The maximum Gasteiger partial charge on any atom is 0.328 e. The van der Waals surface area contributed by atoms with Crippen LogP contribution in [0.15, 0.2) is 53.4 Å². The number of nitrogens with two attached hydrogens (primary N) is 1. The molecule has 1 heterocycles. The van der Waals surface area contributed by atoms with Crippen molar-refractivity contribution in [3.63, 3.8) is 0 Å². The first-order valence-electron chi connectivity index (χ1n) is 9.57. The lowest BCUT2D eigenvalue weighted by atomic mass is 10.1. The van der Waals surface area contributed by atoms with Crippen molar-refractivity contribution in [2.45, 2.75) is 12.5 Å². The van der Waals surface area contributed by atoms with Gasteiger partial charge in [-0.1, -0.05) is 24.3 Å². The molecular formula is C22H21N3O6S. The van der Waals surface area contributed by atoms with Gasteiger partial charge in [0.25, 0.3) is 11.1 Å². The van der Waals surface area contributed by atoms with Gasteiger partial charge in [0.2, 0.25) is 5.91 Å². The van der Waals surface area contributed by atoms with Crippen LogP contribution in [0.25, 0.3) is 6.08 Å². The molecule has 1 atom stereocenters.